The van der Waals surface area contributed by atoms with Crippen molar-refractivity contribution in [1.82, 2.24) is 9.80 Å². The van der Waals surface area contributed by atoms with Crippen LogP contribution in [-0.2, 0) is 30.6 Å². The van der Waals surface area contributed by atoms with Gasteiger partial charge in [-0.1, -0.05) is 97.1 Å². The average Bonchev–Trinajstić information content (AvgIpc) is 3.37. The summed E-state index contributed by atoms with van der Waals surface area (Å²) >= 11 is 0. The summed E-state index contributed by atoms with van der Waals surface area (Å²) in [6.07, 6.45) is 2.53. The molecule has 37 heavy (non-hydrogen) atoms. The molecule has 4 heteroatoms. The largest absolute Gasteiger partial charge is 0.333 e. The molecule has 0 saturated heterocycles. The first-order chi connectivity index (χ1) is 18.2. The molecular weight excluding hydrogens is 459 g/mol. The SMILES string of the molecule is O=C(CN1CCc2ccccc2C1c1ccccc1)N(Cc1ccccc1F)C1Cc2ccccc2C1. The molecule has 4 aromatic carbocycles. The number of carbonyl (C=O) groups excluding carboxylic acids is 1. The van der Waals surface area contributed by atoms with Crippen molar-refractivity contribution in [3.05, 3.63) is 142 Å². The van der Waals surface area contributed by atoms with Crippen molar-refractivity contribution < 1.29 is 9.18 Å². The summed E-state index contributed by atoms with van der Waals surface area (Å²) in [5.41, 5.74) is 6.93. The third-order valence-corrected chi connectivity index (χ3v) is 7.93. The summed E-state index contributed by atoms with van der Waals surface area (Å²) in [6.45, 7) is 1.39. The van der Waals surface area contributed by atoms with Crippen molar-refractivity contribution in [3.63, 3.8) is 0 Å². The van der Waals surface area contributed by atoms with Gasteiger partial charge in [-0.3, -0.25) is 9.69 Å². The van der Waals surface area contributed by atoms with Crippen LogP contribution < -0.4 is 0 Å². The first-order valence-electron chi connectivity index (χ1n) is 13.1. The van der Waals surface area contributed by atoms with Gasteiger partial charge in [0.2, 0.25) is 5.91 Å². The highest BCUT2D eigenvalue weighted by Crippen LogP contribution is 2.35. The summed E-state index contributed by atoms with van der Waals surface area (Å²) in [5, 5.41) is 0. The van der Waals surface area contributed by atoms with Gasteiger partial charge < -0.3 is 4.90 Å². The molecule has 0 radical (unpaired) electrons. The van der Waals surface area contributed by atoms with Gasteiger partial charge >= 0.3 is 0 Å². The molecular formula is C33H31FN2O. The minimum Gasteiger partial charge on any atom is -0.333 e. The van der Waals surface area contributed by atoms with Crippen LogP contribution in [-0.4, -0.2) is 34.8 Å². The van der Waals surface area contributed by atoms with Gasteiger partial charge in [-0.05, 0) is 53.1 Å². The van der Waals surface area contributed by atoms with E-state index in [9.17, 15) is 9.18 Å². The summed E-state index contributed by atoms with van der Waals surface area (Å²) in [7, 11) is 0. The fraction of sp³-hybridized carbons (Fsp3) is 0.242. The fourth-order valence-corrected chi connectivity index (χ4v) is 6.07. The minimum atomic E-state index is -0.259. The number of hydrogen-bond acceptors (Lipinski definition) is 2. The quantitative estimate of drug-likeness (QED) is 0.333. The van der Waals surface area contributed by atoms with E-state index in [-0.39, 0.29) is 30.4 Å². The van der Waals surface area contributed by atoms with E-state index in [1.807, 2.05) is 17.0 Å². The van der Waals surface area contributed by atoms with E-state index in [4.69, 9.17) is 0 Å². The molecule has 1 aliphatic heterocycles. The van der Waals surface area contributed by atoms with Gasteiger partial charge in [0.1, 0.15) is 5.82 Å². The summed E-state index contributed by atoms with van der Waals surface area (Å²) in [5.74, 6) is -0.203. The van der Waals surface area contributed by atoms with Crippen molar-refractivity contribution in [3.8, 4) is 0 Å². The number of halogens is 1. The highest BCUT2D eigenvalue weighted by Gasteiger charge is 2.34. The van der Waals surface area contributed by atoms with Crippen LogP contribution in [0, 0.1) is 5.82 Å². The van der Waals surface area contributed by atoms with Gasteiger partial charge in [-0.2, -0.15) is 0 Å². The second-order valence-electron chi connectivity index (χ2n) is 10.2. The fourth-order valence-electron chi connectivity index (χ4n) is 6.07. The van der Waals surface area contributed by atoms with Crippen molar-refractivity contribution in [2.75, 3.05) is 13.1 Å². The van der Waals surface area contributed by atoms with Crippen LogP contribution in [0.4, 0.5) is 4.39 Å². The van der Waals surface area contributed by atoms with Gasteiger partial charge in [0.05, 0.1) is 12.6 Å². The molecule has 186 valence electrons. The second kappa shape index (κ2) is 10.3. The third-order valence-electron chi connectivity index (χ3n) is 7.93. The second-order valence-corrected chi connectivity index (χ2v) is 10.2. The van der Waals surface area contributed by atoms with E-state index in [1.165, 1.54) is 33.9 Å². The Morgan fingerprint density at radius 3 is 2.14 bits per heavy atom. The Morgan fingerprint density at radius 1 is 0.784 bits per heavy atom. The molecule has 3 nitrogen and oxygen atoms in total. The smallest absolute Gasteiger partial charge is 0.237 e. The van der Waals surface area contributed by atoms with E-state index in [2.05, 4.69) is 77.7 Å². The lowest BCUT2D eigenvalue weighted by molar-refractivity contribution is -0.136. The van der Waals surface area contributed by atoms with Gasteiger partial charge in [0.25, 0.3) is 0 Å². The predicted octanol–water partition coefficient (Wildman–Crippen LogP) is 5.97. The Bertz CT molecular complexity index is 1380. The van der Waals surface area contributed by atoms with Crippen molar-refractivity contribution >= 4 is 5.91 Å². The molecule has 1 heterocycles. The van der Waals surface area contributed by atoms with Crippen molar-refractivity contribution in [1.29, 1.82) is 0 Å². The Morgan fingerprint density at radius 2 is 1.41 bits per heavy atom. The van der Waals surface area contributed by atoms with E-state index in [1.54, 1.807) is 12.1 Å². The molecule has 4 aromatic rings. The number of nitrogens with zero attached hydrogens (tertiary/aromatic N) is 2. The Kier molecular flexibility index (Phi) is 6.58. The molecule has 6 rings (SSSR count). The molecule has 1 atom stereocenters. The summed E-state index contributed by atoms with van der Waals surface area (Å²) < 4.78 is 14.7. The highest BCUT2D eigenvalue weighted by atomic mass is 19.1. The molecule has 0 saturated carbocycles. The van der Waals surface area contributed by atoms with Crippen LogP contribution in [0.3, 0.4) is 0 Å². The number of fused-ring (bicyclic) bond motifs is 2. The molecule has 0 aromatic heterocycles. The normalized spacial score (nSPS) is 17.3. The number of amides is 1. The lowest BCUT2D eigenvalue weighted by Gasteiger charge is -2.39. The number of carbonyl (C=O) groups is 1. The van der Waals surface area contributed by atoms with Gasteiger partial charge in [0, 0.05) is 24.7 Å². The monoisotopic (exact) mass is 490 g/mol. The maximum absolute atomic E-state index is 14.7. The molecule has 0 N–H and O–H groups in total. The standard InChI is InChI=1S/C33H31FN2O/c34-31-17-9-7-15-28(31)22-36(29-20-26-13-4-5-14-27(26)21-29)32(37)23-35-19-18-24-10-6-8-16-30(24)33(35)25-11-2-1-3-12-25/h1-17,29,33H,18-23H2. The molecule has 1 unspecified atom stereocenters. The van der Waals surface area contributed by atoms with Crippen LogP contribution in [0.15, 0.2) is 103 Å². The van der Waals surface area contributed by atoms with E-state index in [0.29, 0.717) is 12.1 Å². The Hall–Kier alpha value is -3.76. The Labute approximate surface area is 218 Å². The zero-order chi connectivity index (χ0) is 25.2. The van der Waals surface area contributed by atoms with Crippen LogP contribution in [0.1, 0.15) is 39.4 Å². The first-order valence-corrected chi connectivity index (χ1v) is 13.1. The molecule has 2 aliphatic rings. The van der Waals surface area contributed by atoms with Crippen LogP contribution in [0.2, 0.25) is 0 Å². The van der Waals surface area contributed by atoms with Gasteiger partial charge in [-0.15, -0.1) is 0 Å². The maximum Gasteiger partial charge on any atom is 0.237 e. The third kappa shape index (κ3) is 4.82. The predicted molar refractivity (Wildman–Crippen MR) is 145 cm³/mol. The lowest BCUT2D eigenvalue weighted by Crippen LogP contribution is -2.48. The number of benzene rings is 4. The van der Waals surface area contributed by atoms with Crippen molar-refractivity contribution in [2.24, 2.45) is 0 Å². The van der Waals surface area contributed by atoms with E-state index >= 15 is 0 Å². The summed E-state index contributed by atoms with van der Waals surface area (Å²) in [4.78, 5) is 18.3. The highest BCUT2D eigenvalue weighted by molar-refractivity contribution is 5.79. The van der Waals surface area contributed by atoms with E-state index in [0.717, 1.165) is 25.8 Å². The minimum absolute atomic E-state index is 0.0196. The maximum atomic E-state index is 14.7. The molecule has 0 bridgehead atoms. The number of rotatable bonds is 6. The molecule has 1 aliphatic carbocycles. The molecule has 0 fully saturated rings. The van der Waals surface area contributed by atoms with Crippen molar-refractivity contribution in [2.45, 2.75) is 37.9 Å². The average molecular weight is 491 g/mol. The molecule has 0 spiro atoms. The Balaban J connectivity index is 1.31. The summed E-state index contributed by atoms with van der Waals surface area (Å²) in [6, 6.07) is 34.3. The van der Waals surface area contributed by atoms with Gasteiger partial charge in [-0.25, -0.2) is 4.39 Å². The zero-order valence-corrected chi connectivity index (χ0v) is 20.9. The van der Waals surface area contributed by atoms with Crippen LogP contribution >= 0.6 is 0 Å². The lowest BCUT2D eigenvalue weighted by atomic mass is 9.88. The topological polar surface area (TPSA) is 23.6 Å². The van der Waals surface area contributed by atoms with Crippen LogP contribution in [0.25, 0.3) is 0 Å². The zero-order valence-electron chi connectivity index (χ0n) is 20.9. The van der Waals surface area contributed by atoms with Gasteiger partial charge in [0.15, 0.2) is 0 Å². The van der Waals surface area contributed by atoms with Crippen LogP contribution in [0.5, 0.6) is 0 Å². The molecule has 1 amide bonds. The van der Waals surface area contributed by atoms with E-state index < -0.39 is 0 Å². The number of hydrogen-bond donors (Lipinski definition) is 0. The first kappa shape index (κ1) is 23.6.